The summed E-state index contributed by atoms with van der Waals surface area (Å²) in [6.45, 7) is 6.51. The van der Waals surface area contributed by atoms with Gasteiger partial charge in [-0.1, -0.05) is 43.3 Å². The topological polar surface area (TPSA) is 76.7 Å². The van der Waals surface area contributed by atoms with Gasteiger partial charge in [0.25, 0.3) is 0 Å². The molecule has 29 heavy (non-hydrogen) atoms. The monoisotopic (exact) mass is 394 g/mol. The number of urea groups is 1. The lowest BCUT2D eigenvalue weighted by Crippen LogP contribution is -2.44. The van der Waals surface area contributed by atoms with Gasteiger partial charge in [-0.15, -0.1) is 0 Å². The van der Waals surface area contributed by atoms with Crippen molar-refractivity contribution in [2.24, 2.45) is 0 Å². The number of ether oxygens (including phenoxy) is 2. The summed E-state index contributed by atoms with van der Waals surface area (Å²) in [5, 5.41) is 5.67. The van der Waals surface area contributed by atoms with Crippen LogP contribution in [-0.2, 0) is 4.79 Å². The fourth-order valence-corrected chi connectivity index (χ4v) is 3.33. The minimum absolute atomic E-state index is 0.120. The smallest absolute Gasteiger partial charge is 0.320 e. The number of hydrogen-bond donors (Lipinski definition) is 2. The molecule has 6 nitrogen and oxygen atoms in total. The standard InChI is InChI=1S/C23H26N2O4/c1-4-13-29-18-12-11-17(14-19(18)28-5-2)22-20(15(3)26)21(24-23(27)25-22)16-9-7-6-8-10-16/h6-12,14,22H,4-5,13H2,1-3H3,(H2,24,25,27)/t22-/m0/s1. The van der Waals surface area contributed by atoms with Crippen LogP contribution in [0.2, 0.25) is 0 Å². The molecule has 0 saturated heterocycles. The van der Waals surface area contributed by atoms with Gasteiger partial charge in [-0.2, -0.15) is 0 Å². The van der Waals surface area contributed by atoms with Crippen LogP contribution in [0, 0.1) is 0 Å². The third-order valence-corrected chi connectivity index (χ3v) is 4.58. The first kappa shape index (κ1) is 20.5. The predicted octanol–water partition coefficient (Wildman–Crippen LogP) is 4.23. The number of carbonyl (C=O) groups is 2. The molecular weight excluding hydrogens is 368 g/mol. The average Bonchev–Trinajstić information content (AvgIpc) is 2.72. The highest BCUT2D eigenvalue weighted by Crippen LogP contribution is 2.36. The first-order chi connectivity index (χ1) is 14.0. The summed E-state index contributed by atoms with van der Waals surface area (Å²) in [5.41, 5.74) is 2.56. The molecular formula is C23H26N2O4. The Balaban J connectivity index is 2.09. The van der Waals surface area contributed by atoms with Gasteiger partial charge in [0.15, 0.2) is 17.3 Å². The van der Waals surface area contributed by atoms with E-state index in [-0.39, 0.29) is 11.8 Å². The molecule has 152 valence electrons. The molecule has 6 heteroatoms. The van der Waals surface area contributed by atoms with Crippen molar-refractivity contribution in [3.05, 3.63) is 65.2 Å². The molecule has 1 atom stereocenters. The van der Waals surface area contributed by atoms with E-state index >= 15 is 0 Å². The largest absolute Gasteiger partial charge is 0.490 e. The summed E-state index contributed by atoms with van der Waals surface area (Å²) in [6, 6.07) is 13.9. The van der Waals surface area contributed by atoms with Crippen molar-refractivity contribution in [2.45, 2.75) is 33.2 Å². The van der Waals surface area contributed by atoms with Gasteiger partial charge in [0.05, 0.1) is 25.0 Å². The molecule has 1 aliphatic heterocycles. The molecule has 0 spiro atoms. The molecule has 2 aromatic rings. The summed E-state index contributed by atoms with van der Waals surface area (Å²) in [7, 11) is 0. The van der Waals surface area contributed by atoms with Crippen LogP contribution in [0.5, 0.6) is 11.5 Å². The predicted molar refractivity (Wildman–Crippen MR) is 112 cm³/mol. The Labute approximate surface area is 170 Å². The highest BCUT2D eigenvalue weighted by Gasteiger charge is 2.32. The van der Waals surface area contributed by atoms with Crippen LogP contribution in [0.1, 0.15) is 44.4 Å². The van der Waals surface area contributed by atoms with Crippen LogP contribution in [-0.4, -0.2) is 25.0 Å². The summed E-state index contributed by atoms with van der Waals surface area (Å²) >= 11 is 0. The molecule has 0 saturated carbocycles. The molecule has 3 rings (SSSR count). The lowest BCUT2D eigenvalue weighted by molar-refractivity contribution is -0.113. The maximum Gasteiger partial charge on any atom is 0.320 e. The SMILES string of the molecule is CCCOc1ccc([C@@H]2NC(=O)NC(c3ccccc3)=C2C(C)=O)cc1OCC. The number of hydrogen-bond acceptors (Lipinski definition) is 4. The highest BCUT2D eigenvalue weighted by molar-refractivity contribution is 6.06. The number of amides is 2. The highest BCUT2D eigenvalue weighted by atomic mass is 16.5. The van der Waals surface area contributed by atoms with Crippen LogP contribution in [0.4, 0.5) is 4.79 Å². The second kappa shape index (κ2) is 9.28. The Hall–Kier alpha value is -3.28. The van der Waals surface area contributed by atoms with E-state index in [1.54, 1.807) is 0 Å². The van der Waals surface area contributed by atoms with Crippen molar-refractivity contribution < 1.29 is 19.1 Å². The summed E-state index contributed by atoms with van der Waals surface area (Å²) in [6.07, 6.45) is 0.884. The molecule has 0 aliphatic carbocycles. The first-order valence-electron chi connectivity index (χ1n) is 9.82. The minimum atomic E-state index is -0.587. The molecule has 0 aromatic heterocycles. The van der Waals surface area contributed by atoms with Crippen molar-refractivity contribution in [2.75, 3.05) is 13.2 Å². The van der Waals surface area contributed by atoms with Gasteiger partial charge in [0, 0.05) is 5.57 Å². The van der Waals surface area contributed by atoms with Crippen molar-refractivity contribution in [3.8, 4) is 11.5 Å². The molecule has 0 fully saturated rings. The lowest BCUT2D eigenvalue weighted by atomic mass is 9.90. The third-order valence-electron chi connectivity index (χ3n) is 4.58. The van der Waals surface area contributed by atoms with E-state index in [0.717, 1.165) is 17.5 Å². The maximum absolute atomic E-state index is 12.6. The quantitative estimate of drug-likeness (QED) is 0.703. The van der Waals surface area contributed by atoms with Crippen LogP contribution in [0.25, 0.3) is 5.70 Å². The van der Waals surface area contributed by atoms with E-state index < -0.39 is 6.04 Å². The second-order valence-corrected chi connectivity index (χ2v) is 6.73. The van der Waals surface area contributed by atoms with Crippen molar-refractivity contribution in [3.63, 3.8) is 0 Å². The van der Waals surface area contributed by atoms with Crippen LogP contribution in [0.15, 0.2) is 54.1 Å². The normalized spacial score (nSPS) is 16.1. The Bertz CT molecular complexity index is 922. The average molecular weight is 394 g/mol. The summed E-state index contributed by atoms with van der Waals surface area (Å²) in [5.74, 6) is 1.12. The molecule has 0 unspecified atom stereocenters. The van der Waals surface area contributed by atoms with Gasteiger partial charge in [0.1, 0.15) is 0 Å². The number of Topliss-reactive ketones (excluding diaryl/α,β-unsaturated/α-hetero) is 1. The van der Waals surface area contributed by atoms with Gasteiger partial charge in [-0.25, -0.2) is 4.79 Å². The van der Waals surface area contributed by atoms with Gasteiger partial charge in [0.2, 0.25) is 0 Å². The molecule has 1 heterocycles. The van der Waals surface area contributed by atoms with E-state index in [2.05, 4.69) is 10.6 Å². The maximum atomic E-state index is 12.6. The molecule has 0 bridgehead atoms. The van der Waals surface area contributed by atoms with E-state index in [1.165, 1.54) is 6.92 Å². The number of carbonyl (C=O) groups excluding carboxylic acids is 2. The van der Waals surface area contributed by atoms with Gasteiger partial charge < -0.3 is 20.1 Å². The number of benzene rings is 2. The Morgan fingerprint density at radius 1 is 1.03 bits per heavy atom. The molecule has 2 amide bonds. The first-order valence-corrected chi connectivity index (χ1v) is 9.82. The Kier molecular flexibility index (Phi) is 6.54. The van der Waals surface area contributed by atoms with Gasteiger partial charge >= 0.3 is 6.03 Å². The van der Waals surface area contributed by atoms with Crippen LogP contribution < -0.4 is 20.1 Å². The summed E-state index contributed by atoms with van der Waals surface area (Å²) < 4.78 is 11.5. The van der Waals surface area contributed by atoms with Crippen LogP contribution in [0.3, 0.4) is 0 Å². The number of ketones is 1. The fraction of sp³-hybridized carbons (Fsp3) is 0.304. The van der Waals surface area contributed by atoms with Crippen LogP contribution >= 0.6 is 0 Å². The van der Waals surface area contributed by atoms with E-state index in [1.807, 2.05) is 62.4 Å². The van der Waals surface area contributed by atoms with E-state index in [4.69, 9.17) is 9.47 Å². The van der Waals surface area contributed by atoms with Crippen molar-refractivity contribution >= 4 is 17.5 Å². The number of rotatable bonds is 8. The zero-order chi connectivity index (χ0) is 20.8. The van der Waals surface area contributed by atoms with E-state index in [0.29, 0.717) is 36.0 Å². The Morgan fingerprint density at radius 2 is 1.79 bits per heavy atom. The fourth-order valence-electron chi connectivity index (χ4n) is 3.33. The summed E-state index contributed by atoms with van der Waals surface area (Å²) in [4.78, 5) is 25.0. The lowest BCUT2D eigenvalue weighted by Gasteiger charge is -2.30. The molecule has 2 N–H and O–H groups in total. The Morgan fingerprint density at radius 3 is 2.45 bits per heavy atom. The number of nitrogens with one attached hydrogen (secondary N) is 2. The van der Waals surface area contributed by atoms with Crippen molar-refractivity contribution in [1.82, 2.24) is 10.6 Å². The zero-order valence-electron chi connectivity index (χ0n) is 17.0. The second-order valence-electron chi connectivity index (χ2n) is 6.73. The third kappa shape index (κ3) is 4.59. The van der Waals surface area contributed by atoms with Gasteiger partial charge in [-0.05, 0) is 43.5 Å². The van der Waals surface area contributed by atoms with E-state index in [9.17, 15) is 9.59 Å². The minimum Gasteiger partial charge on any atom is -0.490 e. The molecule has 2 aromatic carbocycles. The van der Waals surface area contributed by atoms with Crippen molar-refractivity contribution in [1.29, 1.82) is 0 Å². The molecule has 1 aliphatic rings. The zero-order valence-corrected chi connectivity index (χ0v) is 17.0. The molecule has 0 radical (unpaired) electrons. The van der Waals surface area contributed by atoms with Gasteiger partial charge in [-0.3, -0.25) is 4.79 Å².